The minimum Gasteiger partial charge on any atom is -0.507 e. The van der Waals surface area contributed by atoms with E-state index in [1.165, 1.54) is 4.90 Å². The van der Waals surface area contributed by atoms with E-state index in [1.807, 2.05) is 86.7 Å². The Morgan fingerprint density at radius 2 is 1.65 bits per heavy atom. The summed E-state index contributed by atoms with van der Waals surface area (Å²) in [6, 6.07) is 27.3. The lowest BCUT2D eigenvalue weighted by molar-refractivity contribution is -0.138. The van der Waals surface area contributed by atoms with E-state index in [4.69, 9.17) is 11.6 Å². The number of phenols is 1. The average Bonchev–Trinajstić information content (AvgIpc) is 3.52. The van der Waals surface area contributed by atoms with Crippen LogP contribution >= 0.6 is 11.6 Å². The number of rotatable bonds is 7. The zero-order valence-electron chi connectivity index (χ0n) is 28.9. The third-order valence-corrected chi connectivity index (χ3v) is 12.0. The second-order valence-corrected chi connectivity index (χ2v) is 14.8. The number of hydrogen-bond acceptors (Lipinski definition) is 6. The molecule has 262 valence electrons. The normalized spacial score (nSPS) is 26.5. The molecule has 2 aliphatic carbocycles. The first kappa shape index (κ1) is 33.7. The number of anilines is 2. The highest BCUT2D eigenvalue weighted by molar-refractivity contribution is 6.32. The highest BCUT2D eigenvalue weighted by Gasteiger charge is 2.70. The zero-order valence-corrected chi connectivity index (χ0v) is 29.6. The molecule has 0 spiro atoms. The molecule has 4 amide bonds. The number of phenolic OH excluding ortho intramolecular Hbond substituents is 1. The lowest BCUT2D eigenvalue weighted by Gasteiger charge is -2.50. The summed E-state index contributed by atoms with van der Waals surface area (Å²) >= 11 is 6.46. The molecular weight excluding hydrogens is 674 g/mol. The standard InChI is InChI=1S/C43H38ClN3O5/c1-4-9-26-10-8-13-32(38(26)48)37-30-20-21-31-36(41(51)46(39(31)49)29-19-16-25(3)35(44)22-29)33(30)23-34-40(50)47(45-28-17-14-24(2)15-18-28)42(52)43(34,37)27-11-6-5-7-12-27/h4-8,10-20,22,31,33-34,36-37,45,48H,1,9,21,23H2,2-3H3. The summed E-state index contributed by atoms with van der Waals surface area (Å²) in [5.41, 5.74) is 6.99. The maximum atomic E-state index is 15.3. The minimum absolute atomic E-state index is 0.0140. The summed E-state index contributed by atoms with van der Waals surface area (Å²) in [4.78, 5) is 60.1. The summed E-state index contributed by atoms with van der Waals surface area (Å²) in [5, 5.41) is 13.6. The van der Waals surface area contributed by atoms with Gasteiger partial charge in [0.2, 0.25) is 11.8 Å². The molecule has 0 bridgehead atoms. The fourth-order valence-electron chi connectivity index (χ4n) is 9.23. The Kier molecular flexibility index (Phi) is 8.18. The van der Waals surface area contributed by atoms with Crippen molar-refractivity contribution in [1.82, 2.24) is 5.01 Å². The van der Waals surface area contributed by atoms with Crippen molar-refractivity contribution in [2.45, 2.75) is 44.4 Å². The second kappa shape index (κ2) is 12.6. The van der Waals surface area contributed by atoms with Gasteiger partial charge in [0.25, 0.3) is 11.8 Å². The molecule has 4 aliphatic rings. The van der Waals surface area contributed by atoms with Crippen LogP contribution in [0.25, 0.3) is 0 Å². The van der Waals surface area contributed by atoms with Crippen LogP contribution < -0.4 is 10.3 Å². The molecule has 1 saturated carbocycles. The largest absolute Gasteiger partial charge is 0.507 e. The van der Waals surface area contributed by atoms with E-state index in [0.717, 1.165) is 21.7 Å². The number of nitrogens with zero attached hydrogens (tertiary/aromatic N) is 2. The van der Waals surface area contributed by atoms with E-state index in [0.29, 0.717) is 39.5 Å². The van der Waals surface area contributed by atoms with Crippen LogP contribution in [0.3, 0.4) is 0 Å². The monoisotopic (exact) mass is 711 g/mol. The molecule has 2 saturated heterocycles. The Labute approximate surface area is 307 Å². The number of hydrogen-bond donors (Lipinski definition) is 2. The summed E-state index contributed by atoms with van der Waals surface area (Å²) in [7, 11) is 0. The molecule has 0 radical (unpaired) electrons. The first-order valence-corrected chi connectivity index (χ1v) is 18.0. The number of allylic oxidation sites excluding steroid dienone is 3. The number of para-hydroxylation sites is 1. The van der Waals surface area contributed by atoms with Crippen LogP contribution in [0.4, 0.5) is 11.4 Å². The van der Waals surface area contributed by atoms with Gasteiger partial charge >= 0.3 is 0 Å². The number of benzene rings is 4. The van der Waals surface area contributed by atoms with Crippen molar-refractivity contribution in [1.29, 1.82) is 0 Å². The molecule has 52 heavy (non-hydrogen) atoms. The number of fused-ring (bicyclic) bond motifs is 4. The number of hydrazine groups is 1. The van der Waals surface area contributed by atoms with E-state index in [2.05, 4.69) is 12.0 Å². The summed E-state index contributed by atoms with van der Waals surface area (Å²) in [5.74, 6) is -5.28. The second-order valence-electron chi connectivity index (χ2n) is 14.4. The number of aromatic hydroxyl groups is 1. The Morgan fingerprint density at radius 1 is 0.904 bits per heavy atom. The van der Waals surface area contributed by atoms with E-state index < -0.39 is 46.8 Å². The number of carbonyl (C=O) groups excluding carboxylic acids is 4. The quantitative estimate of drug-likeness (QED) is 0.151. The maximum Gasteiger partial charge on any atom is 0.260 e. The van der Waals surface area contributed by atoms with E-state index in [1.54, 1.807) is 30.3 Å². The third-order valence-electron chi connectivity index (χ3n) is 11.6. The highest BCUT2D eigenvalue weighted by Crippen LogP contribution is 2.65. The predicted molar refractivity (Wildman–Crippen MR) is 199 cm³/mol. The van der Waals surface area contributed by atoms with Gasteiger partial charge in [-0.1, -0.05) is 102 Å². The molecule has 2 aliphatic heterocycles. The maximum absolute atomic E-state index is 15.3. The number of aryl methyl sites for hydroxylation is 2. The molecule has 3 fully saturated rings. The molecule has 0 aromatic heterocycles. The summed E-state index contributed by atoms with van der Waals surface area (Å²) in [6.45, 7) is 7.68. The fourth-order valence-corrected chi connectivity index (χ4v) is 9.41. The predicted octanol–water partition coefficient (Wildman–Crippen LogP) is 7.58. The molecule has 2 N–H and O–H groups in total. The van der Waals surface area contributed by atoms with Crippen molar-refractivity contribution in [3.05, 3.63) is 148 Å². The van der Waals surface area contributed by atoms with Gasteiger partial charge in [-0.25, -0.2) is 4.90 Å². The highest BCUT2D eigenvalue weighted by atomic mass is 35.5. The van der Waals surface area contributed by atoms with Gasteiger partial charge in [0, 0.05) is 16.5 Å². The smallest absolute Gasteiger partial charge is 0.260 e. The third kappa shape index (κ3) is 4.88. The zero-order chi connectivity index (χ0) is 36.5. The van der Waals surface area contributed by atoms with Gasteiger partial charge in [-0.15, -0.1) is 6.58 Å². The molecule has 6 atom stereocenters. The average molecular weight is 712 g/mol. The first-order chi connectivity index (χ1) is 25.1. The minimum atomic E-state index is -1.48. The van der Waals surface area contributed by atoms with Crippen molar-refractivity contribution < 1.29 is 24.3 Å². The number of halogens is 1. The van der Waals surface area contributed by atoms with Gasteiger partial charge < -0.3 is 5.11 Å². The lowest BCUT2D eigenvalue weighted by atomic mass is 9.49. The number of nitrogens with one attached hydrogen (secondary N) is 1. The van der Waals surface area contributed by atoms with Crippen LogP contribution in [-0.4, -0.2) is 33.7 Å². The van der Waals surface area contributed by atoms with Crippen molar-refractivity contribution in [3.8, 4) is 5.75 Å². The van der Waals surface area contributed by atoms with Gasteiger partial charge in [-0.3, -0.25) is 24.6 Å². The van der Waals surface area contributed by atoms with Crippen molar-refractivity contribution >= 4 is 46.6 Å². The van der Waals surface area contributed by atoms with E-state index >= 15 is 4.79 Å². The van der Waals surface area contributed by atoms with Gasteiger partial charge in [0.1, 0.15) is 5.75 Å². The number of amides is 4. The number of imide groups is 2. The SMILES string of the molecule is C=CCc1cccc(C2C3=CCC4C(=O)N(c5ccc(C)c(Cl)c5)C(=O)C4C3CC3C(=O)N(Nc4ccc(C)cc4)C(=O)C32c2ccccc2)c1O. The van der Waals surface area contributed by atoms with E-state index in [-0.39, 0.29) is 30.4 Å². The Balaban J connectivity index is 1.33. The Morgan fingerprint density at radius 3 is 2.37 bits per heavy atom. The fraction of sp³-hybridized carbons (Fsp3) is 0.256. The number of carbonyl (C=O) groups is 4. The lowest BCUT2D eigenvalue weighted by Crippen LogP contribution is -2.53. The molecule has 2 heterocycles. The Bertz CT molecular complexity index is 2200. The van der Waals surface area contributed by atoms with Gasteiger partial charge in [-0.2, -0.15) is 5.01 Å². The van der Waals surface area contributed by atoms with Crippen LogP contribution in [0.5, 0.6) is 5.75 Å². The molecule has 4 aromatic rings. The van der Waals surface area contributed by atoms with Crippen LogP contribution in [0.15, 0.2) is 115 Å². The van der Waals surface area contributed by atoms with Crippen molar-refractivity contribution in [2.75, 3.05) is 10.3 Å². The van der Waals surface area contributed by atoms with Gasteiger partial charge in [0.05, 0.1) is 34.5 Å². The van der Waals surface area contributed by atoms with Crippen LogP contribution in [0, 0.1) is 37.5 Å². The molecule has 8 nitrogen and oxygen atoms in total. The molecule has 9 heteroatoms. The summed E-state index contributed by atoms with van der Waals surface area (Å²) < 4.78 is 0. The van der Waals surface area contributed by atoms with Gasteiger partial charge in [-0.05, 0) is 80.0 Å². The van der Waals surface area contributed by atoms with Crippen molar-refractivity contribution in [3.63, 3.8) is 0 Å². The first-order valence-electron chi connectivity index (χ1n) is 17.6. The topological polar surface area (TPSA) is 107 Å². The van der Waals surface area contributed by atoms with Crippen LogP contribution in [-0.2, 0) is 31.0 Å². The molecular formula is C43H38ClN3O5. The Hall–Kier alpha value is -5.47. The van der Waals surface area contributed by atoms with E-state index in [9.17, 15) is 19.5 Å². The molecule has 6 unspecified atom stereocenters. The summed E-state index contributed by atoms with van der Waals surface area (Å²) in [6.07, 6.45) is 4.50. The van der Waals surface area contributed by atoms with Crippen molar-refractivity contribution in [2.24, 2.45) is 23.7 Å². The van der Waals surface area contributed by atoms with Gasteiger partial charge in [0.15, 0.2) is 0 Å². The van der Waals surface area contributed by atoms with Crippen LogP contribution in [0.2, 0.25) is 5.02 Å². The molecule has 8 rings (SSSR count). The van der Waals surface area contributed by atoms with Crippen LogP contribution in [0.1, 0.15) is 46.6 Å². The molecule has 4 aromatic carbocycles.